The second-order valence-electron chi connectivity index (χ2n) is 28.3. The van der Waals surface area contributed by atoms with Crippen LogP contribution in [0, 0.1) is 16.2 Å². The summed E-state index contributed by atoms with van der Waals surface area (Å²) in [6.07, 6.45) is 3.06. The average Bonchev–Trinajstić information content (AvgIpc) is 1.54. The van der Waals surface area contributed by atoms with Gasteiger partial charge in [-0.3, -0.25) is 0 Å². The van der Waals surface area contributed by atoms with Gasteiger partial charge in [0.25, 0.3) is 0 Å². The molecule has 0 spiro atoms. The molecule has 3 heterocycles. The molecule has 5 aliphatic rings. The largest absolute Gasteiger partial charge is 0.493 e. The Labute approximate surface area is 588 Å². The minimum Gasteiger partial charge on any atom is -0.493 e. The van der Waals surface area contributed by atoms with Crippen LogP contribution in [-0.4, -0.2) is 59.5 Å². The number of para-hydroxylation sites is 2. The Hall–Kier alpha value is -10.5. The van der Waals surface area contributed by atoms with E-state index in [2.05, 4.69) is 328 Å². The molecule has 0 aromatic heterocycles. The van der Waals surface area contributed by atoms with Crippen molar-refractivity contribution in [1.82, 2.24) is 0 Å². The molecule has 0 amide bonds. The van der Waals surface area contributed by atoms with Gasteiger partial charge in [-0.2, -0.15) is 0 Å². The van der Waals surface area contributed by atoms with Gasteiger partial charge in [-0.05, 0) is 206 Å². The van der Waals surface area contributed by atoms with Crippen molar-refractivity contribution in [3.63, 3.8) is 0 Å². The van der Waals surface area contributed by atoms with Crippen molar-refractivity contribution < 1.29 is 28.4 Å². The van der Waals surface area contributed by atoms with Gasteiger partial charge in [-0.25, -0.2) is 0 Å². The van der Waals surface area contributed by atoms with E-state index in [9.17, 15) is 0 Å². The van der Waals surface area contributed by atoms with Gasteiger partial charge in [0.05, 0.1) is 86.5 Å². The van der Waals surface area contributed by atoms with Gasteiger partial charge >= 0.3 is 0 Å². The van der Waals surface area contributed by atoms with E-state index in [-0.39, 0.29) is 16.2 Å². The lowest BCUT2D eigenvalue weighted by atomic mass is 9.67. The summed E-state index contributed by atoms with van der Waals surface area (Å²) in [6, 6.07) is 109. The van der Waals surface area contributed by atoms with Crippen LogP contribution in [0.3, 0.4) is 0 Å². The molecular formula is C92H82N2O6. The average molecular weight is 1310 g/mol. The highest BCUT2D eigenvalue weighted by molar-refractivity contribution is 5.92. The fraction of sp³-hybridized carbons (Fsp3) is 0.217. The molecule has 0 N–H and O–H groups in total. The summed E-state index contributed by atoms with van der Waals surface area (Å²) in [6.45, 7) is 13.0. The Kier molecular flexibility index (Phi) is 16.4. The van der Waals surface area contributed by atoms with Crippen LogP contribution in [0.2, 0.25) is 0 Å². The highest BCUT2D eigenvalue weighted by Gasteiger charge is 2.49. The number of hydrogen-bond donors (Lipinski definition) is 0. The predicted octanol–water partition coefficient (Wildman–Crippen LogP) is 21.4. The fourth-order valence-corrected chi connectivity index (χ4v) is 16.2. The normalized spacial score (nSPS) is 17.4. The Morgan fingerprint density at radius 1 is 0.270 bits per heavy atom. The molecule has 8 heteroatoms. The number of benzene rings is 12. The van der Waals surface area contributed by atoms with Crippen molar-refractivity contribution in [3.05, 3.63) is 342 Å². The number of anilines is 6. The van der Waals surface area contributed by atoms with E-state index >= 15 is 0 Å². The van der Waals surface area contributed by atoms with Crippen LogP contribution in [0.25, 0.3) is 33.4 Å². The van der Waals surface area contributed by atoms with Gasteiger partial charge in [0.2, 0.25) is 0 Å². The summed E-state index contributed by atoms with van der Waals surface area (Å²) in [5, 5.41) is 0. The molecule has 3 saturated heterocycles. The summed E-state index contributed by atoms with van der Waals surface area (Å²) in [5.41, 5.74) is 22.1. The lowest BCUT2D eigenvalue weighted by Gasteiger charge is -2.40. The molecule has 0 radical (unpaired) electrons. The lowest BCUT2D eigenvalue weighted by molar-refractivity contribution is -0.133. The molecular weight excluding hydrogens is 1230 g/mol. The quantitative estimate of drug-likeness (QED) is 0.0628. The predicted molar refractivity (Wildman–Crippen MR) is 403 cm³/mol. The summed E-state index contributed by atoms with van der Waals surface area (Å²) in [7, 11) is 0. The number of nitrogens with zero attached hydrogens (tertiary/aromatic N) is 2. The van der Waals surface area contributed by atoms with Crippen LogP contribution in [0.1, 0.15) is 84.5 Å². The van der Waals surface area contributed by atoms with Gasteiger partial charge in [0, 0.05) is 34.1 Å². The maximum absolute atomic E-state index is 6.57. The first-order valence-corrected chi connectivity index (χ1v) is 35.6. The van der Waals surface area contributed by atoms with Gasteiger partial charge in [-0.15, -0.1) is 0 Å². The fourth-order valence-electron chi connectivity index (χ4n) is 16.2. The van der Waals surface area contributed by atoms with Crippen LogP contribution >= 0.6 is 0 Å². The van der Waals surface area contributed by atoms with Gasteiger partial charge < -0.3 is 38.2 Å². The Morgan fingerprint density at radius 3 is 0.870 bits per heavy atom. The third-order valence-corrected chi connectivity index (χ3v) is 22.6. The maximum Gasteiger partial charge on any atom is 0.119 e. The molecule has 1 unspecified atom stereocenters. The molecule has 3 aliphatic heterocycles. The maximum atomic E-state index is 6.57. The van der Waals surface area contributed by atoms with E-state index in [0.717, 1.165) is 133 Å². The first-order valence-electron chi connectivity index (χ1n) is 35.6. The van der Waals surface area contributed by atoms with Crippen LogP contribution in [0.5, 0.6) is 17.2 Å². The minimum absolute atomic E-state index is 0.0590. The highest BCUT2D eigenvalue weighted by atomic mass is 16.5. The van der Waals surface area contributed by atoms with Crippen LogP contribution < -0.4 is 24.0 Å². The van der Waals surface area contributed by atoms with Crippen LogP contribution in [0.4, 0.5) is 34.1 Å². The second kappa shape index (κ2) is 26.0. The van der Waals surface area contributed by atoms with Crippen molar-refractivity contribution in [3.8, 4) is 50.6 Å². The third-order valence-electron chi connectivity index (χ3n) is 22.6. The second-order valence-corrected chi connectivity index (χ2v) is 28.3. The van der Waals surface area contributed by atoms with Crippen LogP contribution in [-0.2, 0) is 25.0 Å². The van der Waals surface area contributed by atoms with E-state index in [0.29, 0.717) is 19.8 Å². The highest BCUT2D eigenvalue weighted by Crippen LogP contribution is 2.60. The summed E-state index contributed by atoms with van der Waals surface area (Å²) in [5.74, 6) is 2.58. The summed E-state index contributed by atoms with van der Waals surface area (Å²) < 4.78 is 36.7. The number of hydrogen-bond acceptors (Lipinski definition) is 8. The molecule has 2 aliphatic carbocycles. The van der Waals surface area contributed by atoms with E-state index < -0.39 is 10.8 Å². The smallest absolute Gasteiger partial charge is 0.119 e. The van der Waals surface area contributed by atoms with Crippen molar-refractivity contribution >= 4 is 34.1 Å². The standard InChI is InChI=1S/C92H82N2O6/c1-4-88(56-95-57-88)62-98-77-46-34-68(35-47-77)91(67-20-10-7-11-21-67)84-28-18-16-26-80(84)82-52-44-75(54-86(82)91)93(71-22-12-8-13-23-71)73-40-30-65(31-41-73)66-32-42-74(43-33-66)94(72-24-14-9-15-25-72)76-45-53-83-81-27-17-19-29-85(81)92(87(83)55-76,69-36-48-78(49-37-69)99-63-89(5-2)58-96-59-89)70-38-50-79(51-39-70)100-64-90(6-3)60-97-61-90/h7-55H,4-6,56-64H2,1-3H3. The van der Waals surface area contributed by atoms with E-state index in [1.807, 2.05) is 0 Å². The first kappa shape index (κ1) is 63.0. The van der Waals surface area contributed by atoms with Gasteiger partial charge in [-0.1, -0.05) is 209 Å². The molecule has 496 valence electrons. The topological polar surface area (TPSA) is 61.9 Å². The monoisotopic (exact) mass is 1310 g/mol. The van der Waals surface area contributed by atoms with E-state index in [1.165, 1.54) is 55.6 Å². The van der Waals surface area contributed by atoms with Gasteiger partial charge in [0.15, 0.2) is 0 Å². The van der Waals surface area contributed by atoms with E-state index in [1.54, 1.807) is 0 Å². The minimum atomic E-state index is -0.696. The Morgan fingerprint density at radius 2 is 0.550 bits per heavy atom. The van der Waals surface area contributed by atoms with E-state index in [4.69, 9.17) is 28.4 Å². The van der Waals surface area contributed by atoms with Crippen molar-refractivity contribution in [1.29, 1.82) is 0 Å². The zero-order chi connectivity index (χ0) is 67.3. The summed E-state index contributed by atoms with van der Waals surface area (Å²) >= 11 is 0. The first-order chi connectivity index (χ1) is 49.2. The zero-order valence-corrected chi connectivity index (χ0v) is 57.1. The third kappa shape index (κ3) is 10.8. The molecule has 1 atom stereocenters. The van der Waals surface area contributed by atoms with Crippen molar-refractivity contribution in [2.24, 2.45) is 16.2 Å². The zero-order valence-electron chi connectivity index (χ0n) is 57.1. The van der Waals surface area contributed by atoms with Crippen molar-refractivity contribution in [2.75, 3.05) is 69.3 Å². The Bertz CT molecular complexity index is 4790. The molecule has 0 bridgehead atoms. The summed E-state index contributed by atoms with van der Waals surface area (Å²) in [4.78, 5) is 4.79. The molecule has 3 fully saturated rings. The molecule has 100 heavy (non-hydrogen) atoms. The molecule has 8 nitrogen and oxygen atoms in total. The molecule has 0 saturated carbocycles. The number of ether oxygens (including phenoxy) is 6. The number of fused-ring (bicyclic) bond motifs is 6. The molecule has 17 rings (SSSR count). The Balaban J connectivity index is 0.717. The van der Waals surface area contributed by atoms with Crippen LogP contribution in [0.15, 0.2) is 297 Å². The van der Waals surface area contributed by atoms with Gasteiger partial charge in [0.1, 0.15) is 17.2 Å². The molecule has 12 aromatic rings. The molecule has 12 aromatic carbocycles. The van der Waals surface area contributed by atoms with Crippen molar-refractivity contribution in [2.45, 2.75) is 50.9 Å². The lowest BCUT2D eigenvalue weighted by Crippen LogP contribution is -2.46. The number of rotatable bonds is 23. The SMILES string of the molecule is CCC1(COc2ccc(C3(c4ccccc4)c4ccccc4-c4ccc(N(c5ccccc5)c5ccc(-c6ccc(N(c7ccccc7)c7ccc8c(c7)C(c7ccc(OCC9(CC)COC9)cc7)(c7ccc(OCC9(CC)COC9)cc7)c7ccccc7-8)cc6)cc5)cc43)cc2)COC1.